The van der Waals surface area contributed by atoms with Gasteiger partial charge in [0.05, 0.1) is 5.41 Å². The highest BCUT2D eigenvalue weighted by Gasteiger charge is 2.37. The van der Waals surface area contributed by atoms with Crippen LogP contribution in [-0.2, 0) is 5.41 Å². The van der Waals surface area contributed by atoms with Gasteiger partial charge in [0.2, 0.25) is 0 Å². The summed E-state index contributed by atoms with van der Waals surface area (Å²) in [6.45, 7) is 2.12. The molecular formula is C16H12. The maximum absolute atomic E-state index is 5.75. The van der Waals surface area contributed by atoms with E-state index in [0.29, 0.717) is 0 Å². The lowest BCUT2D eigenvalue weighted by molar-refractivity contribution is 0.779. The lowest BCUT2D eigenvalue weighted by atomic mass is 9.81. The van der Waals surface area contributed by atoms with E-state index in [4.69, 9.17) is 6.42 Å². The van der Waals surface area contributed by atoms with Gasteiger partial charge >= 0.3 is 0 Å². The van der Waals surface area contributed by atoms with Gasteiger partial charge in [-0.1, -0.05) is 54.5 Å². The molecule has 0 unspecified atom stereocenters. The van der Waals surface area contributed by atoms with E-state index >= 15 is 0 Å². The van der Waals surface area contributed by atoms with Crippen LogP contribution in [0.3, 0.4) is 0 Å². The summed E-state index contributed by atoms with van der Waals surface area (Å²) >= 11 is 0. The standard InChI is InChI=1S/C16H12/c1-3-16(2)14-10-6-4-8-12(14)13-9-5-7-11-15(13)16/h1,4-11H,2H3. The van der Waals surface area contributed by atoms with Crippen LogP contribution in [0.15, 0.2) is 48.5 Å². The zero-order valence-electron chi connectivity index (χ0n) is 9.20. The van der Waals surface area contributed by atoms with Crippen molar-refractivity contribution in [3.8, 4) is 23.5 Å². The molecule has 0 aliphatic heterocycles. The summed E-state index contributed by atoms with van der Waals surface area (Å²) in [5.74, 6) is 2.95. The lowest BCUT2D eigenvalue weighted by Crippen LogP contribution is -2.17. The summed E-state index contributed by atoms with van der Waals surface area (Å²) in [5.41, 5.74) is 4.78. The molecule has 1 aliphatic rings. The van der Waals surface area contributed by atoms with Crippen LogP contribution in [0.4, 0.5) is 0 Å². The van der Waals surface area contributed by atoms with E-state index < -0.39 is 0 Å². The predicted octanol–water partition coefficient (Wildman–Crippen LogP) is 3.61. The van der Waals surface area contributed by atoms with Crippen LogP contribution >= 0.6 is 0 Å². The van der Waals surface area contributed by atoms with Crippen molar-refractivity contribution in [2.75, 3.05) is 0 Å². The summed E-state index contributed by atoms with van der Waals surface area (Å²) in [5, 5.41) is 0. The highest BCUT2D eigenvalue weighted by molar-refractivity contribution is 5.82. The van der Waals surface area contributed by atoms with Gasteiger partial charge < -0.3 is 0 Å². The SMILES string of the molecule is C#CC1(C)c2ccccc2-c2ccccc21. The second-order valence-corrected chi connectivity index (χ2v) is 4.36. The van der Waals surface area contributed by atoms with Gasteiger partial charge in [0.15, 0.2) is 0 Å². The fourth-order valence-electron chi connectivity index (χ4n) is 2.61. The van der Waals surface area contributed by atoms with E-state index in [0.717, 1.165) is 0 Å². The number of rotatable bonds is 0. The van der Waals surface area contributed by atoms with Gasteiger partial charge in [-0.15, -0.1) is 6.42 Å². The molecule has 0 bridgehead atoms. The second kappa shape index (κ2) is 3.00. The third-order valence-electron chi connectivity index (χ3n) is 3.51. The zero-order chi connectivity index (χ0) is 11.2. The number of terminal acetylenes is 1. The average molecular weight is 204 g/mol. The van der Waals surface area contributed by atoms with Gasteiger partial charge in [-0.2, -0.15) is 0 Å². The van der Waals surface area contributed by atoms with E-state index in [2.05, 4.69) is 61.4 Å². The molecule has 0 spiro atoms. The van der Waals surface area contributed by atoms with Crippen LogP contribution in [0.5, 0.6) is 0 Å². The second-order valence-electron chi connectivity index (χ2n) is 4.36. The summed E-state index contributed by atoms with van der Waals surface area (Å²) in [6.07, 6.45) is 5.75. The lowest BCUT2D eigenvalue weighted by Gasteiger charge is -2.19. The Labute approximate surface area is 95.9 Å². The minimum absolute atomic E-state index is 0.271. The van der Waals surface area contributed by atoms with E-state index in [1.54, 1.807) is 0 Å². The third-order valence-corrected chi connectivity index (χ3v) is 3.51. The molecule has 0 N–H and O–H groups in total. The molecule has 2 aromatic carbocycles. The van der Waals surface area contributed by atoms with E-state index in [9.17, 15) is 0 Å². The third kappa shape index (κ3) is 0.955. The highest BCUT2D eigenvalue weighted by atomic mass is 14.4. The van der Waals surface area contributed by atoms with Crippen LogP contribution in [0.1, 0.15) is 18.1 Å². The molecule has 3 rings (SSSR count). The molecule has 0 radical (unpaired) electrons. The quantitative estimate of drug-likeness (QED) is 0.575. The molecular weight excluding hydrogens is 192 g/mol. The Bertz CT molecular complexity index is 554. The summed E-state index contributed by atoms with van der Waals surface area (Å²) in [4.78, 5) is 0. The molecule has 0 atom stereocenters. The normalized spacial score (nSPS) is 15.0. The van der Waals surface area contributed by atoms with Crippen LogP contribution in [0, 0.1) is 12.3 Å². The summed E-state index contributed by atoms with van der Waals surface area (Å²) in [6, 6.07) is 16.8. The molecule has 0 amide bonds. The van der Waals surface area contributed by atoms with Crippen molar-refractivity contribution in [1.82, 2.24) is 0 Å². The number of hydrogen-bond donors (Lipinski definition) is 0. The molecule has 0 aromatic heterocycles. The monoisotopic (exact) mass is 204 g/mol. The fourth-order valence-corrected chi connectivity index (χ4v) is 2.61. The average Bonchev–Trinajstić information content (AvgIpc) is 2.62. The Morgan fingerprint density at radius 1 is 0.875 bits per heavy atom. The molecule has 0 fully saturated rings. The smallest absolute Gasteiger partial charge is 0.0793 e. The number of fused-ring (bicyclic) bond motifs is 3. The molecule has 1 aliphatic carbocycles. The van der Waals surface area contributed by atoms with Crippen molar-refractivity contribution in [3.05, 3.63) is 59.7 Å². The van der Waals surface area contributed by atoms with Gasteiger partial charge in [-0.3, -0.25) is 0 Å². The molecule has 2 aromatic rings. The molecule has 76 valence electrons. The van der Waals surface area contributed by atoms with E-state index in [-0.39, 0.29) is 5.41 Å². The Balaban J connectivity index is 2.45. The van der Waals surface area contributed by atoms with Gasteiger partial charge in [0.1, 0.15) is 0 Å². The zero-order valence-corrected chi connectivity index (χ0v) is 9.20. The van der Waals surface area contributed by atoms with Crippen molar-refractivity contribution < 1.29 is 0 Å². The van der Waals surface area contributed by atoms with Crippen LogP contribution in [-0.4, -0.2) is 0 Å². The highest BCUT2D eigenvalue weighted by Crippen LogP contribution is 2.47. The topological polar surface area (TPSA) is 0 Å². The summed E-state index contributed by atoms with van der Waals surface area (Å²) in [7, 11) is 0. The van der Waals surface area contributed by atoms with Crippen molar-refractivity contribution in [1.29, 1.82) is 0 Å². The first-order valence-electron chi connectivity index (χ1n) is 5.44. The van der Waals surface area contributed by atoms with E-state index in [1.165, 1.54) is 22.3 Å². The molecule has 0 nitrogen and oxygen atoms in total. The van der Waals surface area contributed by atoms with E-state index in [1.807, 2.05) is 0 Å². The first-order chi connectivity index (χ1) is 7.77. The Kier molecular flexibility index (Phi) is 1.73. The maximum Gasteiger partial charge on any atom is 0.0793 e. The maximum atomic E-state index is 5.75. The Hall–Kier alpha value is -2.00. The van der Waals surface area contributed by atoms with Crippen molar-refractivity contribution >= 4 is 0 Å². The largest absolute Gasteiger partial charge is 0.119 e. The molecule has 16 heavy (non-hydrogen) atoms. The van der Waals surface area contributed by atoms with Crippen LogP contribution in [0.2, 0.25) is 0 Å². The molecule has 0 heterocycles. The summed E-state index contributed by atoms with van der Waals surface area (Å²) < 4.78 is 0. The molecule has 0 heteroatoms. The van der Waals surface area contributed by atoms with Crippen LogP contribution in [0.25, 0.3) is 11.1 Å². The van der Waals surface area contributed by atoms with Crippen molar-refractivity contribution in [2.45, 2.75) is 12.3 Å². The minimum atomic E-state index is -0.271. The van der Waals surface area contributed by atoms with Crippen LogP contribution < -0.4 is 0 Å². The Morgan fingerprint density at radius 3 is 1.75 bits per heavy atom. The number of hydrogen-bond acceptors (Lipinski definition) is 0. The first kappa shape index (κ1) is 9.24. The van der Waals surface area contributed by atoms with Crippen molar-refractivity contribution in [2.24, 2.45) is 0 Å². The number of benzene rings is 2. The molecule has 0 saturated carbocycles. The first-order valence-corrected chi connectivity index (χ1v) is 5.44. The van der Waals surface area contributed by atoms with Gasteiger partial charge in [0, 0.05) is 0 Å². The Morgan fingerprint density at radius 2 is 1.31 bits per heavy atom. The van der Waals surface area contributed by atoms with Gasteiger partial charge in [-0.05, 0) is 29.2 Å². The molecule has 0 saturated heterocycles. The van der Waals surface area contributed by atoms with Gasteiger partial charge in [0.25, 0.3) is 0 Å². The predicted molar refractivity (Wildman–Crippen MR) is 67.2 cm³/mol. The minimum Gasteiger partial charge on any atom is -0.119 e. The fraction of sp³-hybridized carbons (Fsp3) is 0.125. The van der Waals surface area contributed by atoms with Gasteiger partial charge in [-0.25, -0.2) is 0 Å². The van der Waals surface area contributed by atoms with Crippen molar-refractivity contribution in [3.63, 3.8) is 0 Å².